The fraction of sp³-hybridized carbons (Fsp3) is 0.866. The average Bonchev–Trinajstić information content (AvgIpc) is 3.46. The van der Waals surface area contributed by atoms with Crippen LogP contribution < -0.4 is 0 Å². The molecule has 2 heterocycles. The SMILES string of the molecule is CC/C=C\C/C=C\C/C=C\C/C=C\CCCCCCCCCCC(=O)OC(COCCCCCCCCCCCCCCCCCCCCCCCCCCCC)COC1OC(COC2OC(CO)C(O)C(O)C2O)C(O)C(O)C1O. The lowest BCUT2D eigenvalue weighted by Gasteiger charge is -2.42. The number of esters is 1. The zero-order valence-electron chi connectivity index (χ0n) is 51.3. The van der Waals surface area contributed by atoms with Gasteiger partial charge in [-0.1, -0.05) is 262 Å². The van der Waals surface area contributed by atoms with Crippen LogP contribution >= 0.6 is 0 Å². The van der Waals surface area contributed by atoms with Gasteiger partial charge in [0.15, 0.2) is 12.6 Å². The monoisotopic (exact) mass is 1150 g/mol. The zero-order valence-corrected chi connectivity index (χ0v) is 51.3. The summed E-state index contributed by atoms with van der Waals surface area (Å²) in [6.07, 6.45) is 50.4. The van der Waals surface area contributed by atoms with Crippen LogP contribution in [-0.2, 0) is 33.2 Å². The van der Waals surface area contributed by atoms with Crippen molar-refractivity contribution in [2.24, 2.45) is 0 Å². The lowest BCUT2D eigenvalue weighted by atomic mass is 9.98. The summed E-state index contributed by atoms with van der Waals surface area (Å²) < 4.78 is 34.5. The maximum absolute atomic E-state index is 13.1. The van der Waals surface area contributed by atoms with E-state index < -0.39 is 80.7 Å². The molecule has 14 nitrogen and oxygen atoms in total. The maximum atomic E-state index is 13.1. The topological polar surface area (TPSA) is 214 Å². The van der Waals surface area contributed by atoms with Gasteiger partial charge in [-0.25, -0.2) is 0 Å². The van der Waals surface area contributed by atoms with Gasteiger partial charge in [0.25, 0.3) is 0 Å². The Morgan fingerprint density at radius 3 is 1.26 bits per heavy atom. The molecule has 11 unspecified atom stereocenters. The first kappa shape index (κ1) is 75.0. The molecule has 0 spiro atoms. The number of ether oxygens (including phenoxy) is 6. The zero-order chi connectivity index (χ0) is 58.6. The summed E-state index contributed by atoms with van der Waals surface area (Å²) >= 11 is 0. The Morgan fingerprint density at radius 2 is 0.802 bits per heavy atom. The van der Waals surface area contributed by atoms with E-state index in [2.05, 4.69) is 62.5 Å². The Labute approximate surface area is 492 Å². The van der Waals surface area contributed by atoms with Crippen molar-refractivity contribution in [3.05, 3.63) is 48.6 Å². The van der Waals surface area contributed by atoms with Crippen LogP contribution in [0.2, 0.25) is 0 Å². The molecule has 0 aliphatic carbocycles. The number of carbonyl (C=O) groups is 1. The molecule has 7 N–H and O–H groups in total. The third kappa shape index (κ3) is 39.3. The molecule has 0 amide bonds. The fourth-order valence-corrected chi connectivity index (χ4v) is 10.6. The van der Waals surface area contributed by atoms with Gasteiger partial charge in [0.1, 0.15) is 54.9 Å². The Kier molecular flexibility index (Phi) is 49.5. The van der Waals surface area contributed by atoms with Gasteiger partial charge in [-0.15, -0.1) is 0 Å². The van der Waals surface area contributed by atoms with Crippen LogP contribution in [0.25, 0.3) is 0 Å². The third-order valence-corrected chi connectivity index (χ3v) is 15.9. The molecule has 0 radical (unpaired) electrons. The Morgan fingerprint density at radius 1 is 0.420 bits per heavy atom. The average molecular weight is 1150 g/mol. The molecule has 474 valence electrons. The van der Waals surface area contributed by atoms with Crippen LogP contribution in [-0.4, -0.2) is 142 Å². The summed E-state index contributed by atoms with van der Waals surface area (Å²) in [5, 5.41) is 72.5. The Hall–Kier alpha value is -2.05. The molecule has 2 saturated heterocycles. The summed E-state index contributed by atoms with van der Waals surface area (Å²) in [5.74, 6) is -0.380. The van der Waals surface area contributed by atoms with Crippen LogP contribution in [0.1, 0.15) is 271 Å². The molecular formula is C67H122O14. The molecule has 2 aliphatic heterocycles. The van der Waals surface area contributed by atoms with Gasteiger partial charge in [0.05, 0.1) is 26.4 Å². The minimum Gasteiger partial charge on any atom is -0.457 e. The van der Waals surface area contributed by atoms with Crippen molar-refractivity contribution >= 4 is 5.97 Å². The predicted octanol–water partition coefficient (Wildman–Crippen LogP) is 13.4. The fourth-order valence-electron chi connectivity index (χ4n) is 10.6. The first-order chi connectivity index (χ1) is 39.6. The summed E-state index contributed by atoms with van der Waals surface area (Å²) in [6, 6.07) is 0. The quantitative estimate of drug-likeness (QED) is 0.0171. The molecule has 0 aromatic carbocycles. The molecule has 0 saturated carbocycles. The summed E-state index contributed by atoms with van der Waals surface area (Å²) in [7, 11) is 0. The van der Waals surface area contributed by atoms with Gasteiger partial charge in [0.2, 0.25) is 0 Å². The Balaban J connectivity index is 1.65. The van der Waals surface area contributed by atoms with E-state index >= 15 is 0 Å². The standard InChI is InChI=1S/C67H122O14/c1-3-5-7-9-11-13-15-17-19-21-23-25-26-27-28-29-31-33-35-37-39-41-43-45-47-49-51-76-53-56(54-77-66-65(75)63(73)61(71)58(81-66)55-78-67-64(74)62(72)60(70)57(52-68)80-67)79-59(69)50-48-46-44-42-40-38-36-34-32-30-24-22-20-18-16-14-12-10-8-6-4-2/h6,8,12,14,18,20,24,30,56-58,60-68,70-75H,3-5,7,9-11,13,15-17,19,21-23,25-29,31-55H2,1-2H3/b8-6-,14-12-,20-18-,30-24-. The van der Waals surface area contributed by atoms with Crippen molar-refractivity contribution in [3.8, 4) is 0 Å². The van der Waals surface area contributed by atoms with Crippen LogP contribution in [0.3, 0.4) is 0 Å². The molecule has 0 bridgehead atoms. The highest BCUT2D eigenvalue weighted by molar-refractivity contribution is 5.69. The lowest BCUT2D eigenvalue weighted by molar-refractivity contribution is -0.332. The van der Waals surface area contributed by atoms with Crippen LogP contribution in [0.15, 0.2) is 48.6 Å². The summed E-state index contributed by atoms with van der Waals surface area (Å²) in [6.45, 7) is 3.62. The highest BCUT2D eigenvalue weighted by Crippen LogP contribution is 2.27. The van der Waals surface area contributed by atoms with Gasteiger partial charge in [-0.3, -0.25) is 4.79 Å². The second kappa shape index (κ2) is 53.4. The van der Waals surface area contributed by atoms with E-state index in [0.717, 1.165) is 70.6 Å². The number of unbranched alkanes of at least 4 members (excludes halogenated alkanes) is 33. The van der Waals surface area contributed by atoms with Gasteiger partial charge in [0, 0.05) is 13.0 Å². The smallest absolute Gasteiger partial charge is 0.306 e. The van der Waals surface area contributed by atoms with Gasteiger partial charge in [-0.2, -0.15) is 0 Å². The Bertz CT molecular complexity index is 1520. The first-order valence-corrected chi connectivity index (χ1v) is 33.2. The van der Waals surface area contributed by atoms with Gasteiger partial charge < -0.3 is 64.2 Å². The maximum Gasteiger partial charge on any atom is 0.306 e. The second-order valence-corrected chi connectivity index (χ2v) is 23.3. The number of carbonyl (C=O) groups excluding carboxylic acids is 1. The van der Waals surface area contributed by atoms with Crippen molar-refractivity contribution in [1.29, 1.82) is 0 Å². The summed E-state index contributed by atoms with van der Waals surface area (Å²) in [5.41, 5.74) is 0. The van der Waals surface area contributed by atoms with Crippen LogP contribution in [0.4, 0.5) is 0 Å². The number of hydrogen-bond donors (Lipinski definition) is 7. The number of aliphatic hydroxyl groups excluding tert-OH is 7. The van der Waals surface area contributed by atoms with Crippen LogP contribution in [0.5, 0.6) is 0 Å². The van der Waals surface area contributed by atoms with Crippen molar-refractivity contribution in [2.45, 2.75) is 338 Å². The van der Waals surface area contributed by atoms with Crippen molar-refractivity contribution in [3.63, 3.8) is 0 Å². The van der Waals surface area contributed by atoms with E-state index in [1.165, 1.54) is 173 Å². The van der Waals surface area contributed by atoms with E-state index in [-0.39, 0.29) is 25.6 Å². The van der Waals surface area contributed by atoms with E-state index in [4.69, 9.17) is 28.4 Å². The molecule has 0 aromatic rings. The summed E-state index contributed by atoms with van der Waals surface area (Å²) in [4.78, 5) is 13.1. The first-order valence-electron chi connectivity index (χ1n) is 33.2. The molecule has 81 heavy (non-hydrogen) atoms. The minimum absolute atomic E-state index is 0.0606. The minimum atomic E-state index is -1.71. The highest BCUT2D eigenvalue weighted by Gasteiger charge is 2.47. The number of aliphatic hydroxyl groups is 7. The van der Waals surface area contributed by atoms with E-state index in [1.807, 2.05) is 0 Å². The lowest BCUT2D eigenvalue weighted by Crippen LogP contribution is -2.61. The van der Waals surface area contributed by atoms with E-state index in [0.29, 0.717) is 13.0 Å². The number of allylic oxidation sites excluding steroid dienone is 8. The van der Waals surface area contributed by atoms with Crippen molar-refractivity contribution < 1.29 is 69.0 Å². The molecule has 2 aliphatic rings. The van der Waals surface area contributed by atoms with E-state index in [9.17, 15) is 40.5 Å². The van der Waals surface area contributed by atoms with Crippen LogP contribution in [0, 0.1) is 0 Å². The molecule has 0 aromatic heterocycles. The predicted molar refractivity (Wildman–Crippen MR) is 326 cm³/mol. The largest absolute Gasteiger partial charge is 0.457 e. The van der Waals surface area contributed by atoms with E-state index in [1.54, 1.807) is 0 Å². The molecular weight excluding hydrogens is 1030 g/mol. The van der Waals surface area contributed by atoms with Gasteiger partial charge >= 0.3 is 5.97 Å². The second-order valence-electron chi connectivity index (χ2n) is 23.3. The number of rotatable bonds is 55. The van der Waals surface area contributed by atoms with Crippen molar-refractivity contribution in [1.82, 2.24) is 0 Å². The molecule has 11 atom stereocenters. The number of hydrogen-bond acceptors (Lipinski definition) is 14. The van der Waals surface area contributed by atoms with Crippen molar-refractivity contribution in [2.75, 3.05) is 33.0 Å². The molecule has 2 fully saturated rings. The highest BCUT2D eigenvalue weighted by atomic mass is 16.7. The molecule has 14 heteroatoms. The molecule has 2 rings (SSSR count). The normalized spacial score (nSPS) is 24.0. The van der Waals surface area contributed by atoms with Gasteiger partial charge in [-0.05, 0) is 51.4 Å². The third-order valence-electron chi connectivity index (χ3n) is 15.9.